The van der Waals surface area contributed by atoms with Crippen molar-refractivity contribution in [1.82, 2.24) is 0 Å². The predicted molar refractivity (Wildman–Crippen MR) is 52.1 cm³/mol. The van der Waals surface area contributed by atoms with Crippen LogP contribution < -0.4 is 4.74 Å². The molecule has 0 unspecified atom stereocenters. The number of hydrogen-bond donors (Lipinski definition) is 0. The fourth-order valence-corrected chi connectivity index (χ4v) is 0.997. The van der Waals surface area contributed by atoms with Gasteiger partial charge in [0.25, 0.3) is 0 Å². The summed E-state index contributed by atoms with van der Waals surface area (Å²) >= 11 is 4.85. The lowest BCUT2D eigenvalue weighted by Crippen LogP contribution is -2.17. The normalized spacial score (nSPS) is 13.6. The summed E-state index contributed by atoms with van der Waals surface area (Å²) in [5, 5.41) is -1.62. The molecule has 18 heavy (non-hydrogen) atoms. The third-order valence-electron chi connectivity index (χ3n) is 1.53. The van der Waals surface area contributed by atoms with E-state index in [4.69, 9.17) is 11.6 Å². The molecular formula is C9H4ClF6NO. The maximum absolute atomic E-state index is 12.0. The van der Waals surface area contributed by atoms with Crippen molar-refractivity contribution in [3.8, 4) is 5.75 Å². The summed E-state index contributed by atoms with van der Waals surface area (Å²) in [4.78, 5) is 2.99. The molecule has 9 heteroatoms. The minimum atomic E-state index is -4.87. The molecule has 0 amide bonds. The number of benzene rings is 1. The smallest absolute Gasteiger partial charge is 0.406 e. The number of alkyl halides is 6. The number of rotatable bonds is 2. The van der Waals surface area contributed by atoms with E-state index in [2.05, 4.69) is 9.73 Å². The average molecular weight is 292 g/mol. The number of halogens is 7. The fourth-order valence-electron chi connectivity index (χ4n) is 0.899. The zero-order valence-corrected chi connectivity index (χ0v) is 9.07. The average Bonchev–Trinajstić information content (AvgIpc) is 2.17. The maximum atomic E-state index is 12.0. The van der Waals surface area contributed by atoms with Gasteiger partial charge in [-0.2, -0.15) is 13.2 Å². The summed E-state index contributed by atoms with van der Waals surface area (Å²) in [5.41, 5.74) is -0.244. The van der Waals surface area contributed by atoms with E-state index in [0.29, 0.717) is 0 Å². The van der Waals surface area contributed by atoms with Crippen LogP contribution in [0.15, 0.2) is 29.3 Å². The Morgan fingerprint density at radius 3 is 1.89 bits per heavy atom. The molecule has 0 saturated carbocycles. The topological polar surface area (TPSA) is 21.6 Å². The number of aliphatic imine (C=N–C) groups is 1. The highest BCUT2D eigenvalue weighted by Crippen LogP contribution is 2.27. The van der Waals surface area contributed by atoms with E-state index < -0.39 is 23.5 Å². The molecule has 0 heterocycles. The van der Waals surface area contributed by atoms with E-state index in [-0.39, 0.29) is 5.69 Å². The predicted octanol–water partition coefficient (Wildman–Crippen LogP) is 4.42. The van der Waals surface area contributed by atoms with E-state index in [1.54, 1.807) is 0 Å². The van der Waals surface area contributed by atoms with Crippen LogP contribution in [0.3, 0.4) is 0 Å². The number of hydrogen-bond acceptors (Lipinski definition) is 2. The van der Waals surface area contributed by atoms with Crippen molar-refractivity contribution >= 4 is 22.5 Å². The molecule has 0 aliphatic carbocycles. The van der Waals surface area contributed by atoms with Crippen molar-refractivity contribution in [2.45, 2.75) is 12.5 Å². The van der Waals surface area contributed by atoms with Crippen LogP contribution in [0.4, 0.5) is 32.0 Å². The van der Waals surface area contributed by atoms with Gasteiger partial charge in [0.1, 0.15) is 5.75 Å². The number of ether oxygens (including phenoxy) is 1. The summed E-state index contributed by atoms with van der Waals surface area (Å²) in [6.45, 7) is 0. The van der Waals surface area contributed by atoms with Crippen LogP contribution in [0.1, 0.15) is 0 Å². The molecule has 0 aliphatic rings. The van der Waals surface area contributed by atoms with E-state index in [1.807, 2.05) is 0 Å². The minimum absolute atomic E-state index is 0.244. The van der Waals surface area contributed by atoms with Gasteiger partial charge in [-0.3, -0.25) is 0 Å². The SMILES string of the molecule is FC(F)(F)Oc1ccc(N=C(Cl)C(F)(F)F)cc1. The molecule has 0 saturated heterocycles. The van der Waals surface area contributed by atoms with Gasteiger partial charge in [0.2, 0.25) is 5.17 Å². The number of nitrogens with zero attached hydrogens (tertiary/aromatic N) is 1. The summed E-state index contributed by atoms with van der Waals surface area (Å²) in [6, 6.07) is 3.48. The first kappa shape index (κ1) is 14.6. The van der Waals surface area contributed by atoms with E-state index >= 15 is 0 Å². The van der Waals surface area contributed by atoms with Gasteiger partial charge in [0.15, 0.2) is 0 Å². The van der Waals surface area contributed by atoms with Gasteiger partial charge in [0.05, 0.1) is 5.69 Å². The van der Waals surface area contributed by atoms with Gasteiger partial charge in [-0.1, -0.05) is 11.6 Å². The monoisotopic (exact) mass is 291 g/mol. The molecule has 1 rings (SSSR count). The maximum Gasteiger partial charge on any atom is 0.573 e. The van der Waals surface area contributed by atoms with Gasteiger partial charge < -0.3 is 4.74 Å². The van der Waals surface area contributed by atoms with Crippen LogP contribution in [0.5, 0.6) is 5.75 Å². The molecule has 100 valence electrons. The Hall–Kier alpha value is -1.44. The van der Waals surface area contributed by atoms with Crippen LogP contribution in [0.25, 0.3) is 0 Å². The first-order chi connectivity index (χ1) is 8.08. The highest BCUT2D eigenvalue weighted by Gasteiger charge is 2.34. The summed E-state index contributed by atoms with van der Waals surface area (Å²) in [5.74, 6) is -0.565. The standard InChI is InChI=1S/C9H4ClF6NO/c10-7(8(11,12)13)17-5-1-3-6(4-2-5)18-9(14,15)16/h1-4H. The van der Waals surface area contributed by atoms with E-state index in [9.17, 15) is 26.3 Å². The van der Waals surface area contributed by atoms with Crippen LogP contribution in [0.2, 0.25) is 0 Å². The Bertz CT molecular complexity index is 436. The van der Waals surface area contributed by atoms with Crippen molar-refractivity contribution in [3.63, 3.8) is 0 Å². The Labute approximate surface area is 102 Å². The second-order valence-corrected chi connectivity index (χ2v) is 3.30. The summed E-state index contributed by atoms with van der Waals surface area (Å²) < 4.78 is 74.9. The molecule has 1 aromatic rings. The Morgan fingerprint density at radius 1 is 1.00 bits per heavy atom. The van der Waals surface area contributed by atoms with Crippen molar-refractivity contribution in [2.24, 2.45) is 4.99 Å². The van der Waals surface area contributed by atoms with Crippen LogP contribution >= 0.6 is 11.6 Å². The van der Waals surface area contributed by atoms with Gasteiger partial charge in [0, 0.05) is 0 Å². The molecule has 0 radical (unpaired) electrons. The first-order valence-corrected chi connectivity index (χ1v) is 4.63. The molecule has 0 bridgehead atoms. The second-order valence-electron chi connectivity index (χ2n) is 2.94. The van der Waals surface area contributed by atoms with Crippen LogP contribution in [-0.4, -0.2) is 17.7 Å². The van der Waals surface area contributed by atoms with E-state index in [1.165, 1.54) is 0 Å². The zero-order chi connectivity index (χ0) is 14.0. The van der Waals surface area contributed by atoms with Gasteiger partial charge in [-0.15, -0.1) is 13.2 Å². The van der Waals surface area contributed by atoms with Crippen molar-refractivity contribution < 1.29 is 31.1 Å². The van der Waals surface area contributed by atoms with E-state index in [0.717, 1.165) is 24.3 Å². The molecule has 0 aromatic heterocycles. The van der Waals surface area contributed by atoms with Crippen molar-refractivity contribution in [3.05, 3.63) is 24.3 Å². The molecule has 0 aliphatic heterocycles. The molecule has 1 aromatic carbocycles. The molecular weight excluding hydrogens is 288 g/mol. The largest absolute Gasteiger partial charge is 0.573 e. The lowest BCUT2D eigenvalue weighted by molar-refractivity contribution is -0.274. The highest BCUT2D eigenvalue weighted by atomic mass is 35.5. The Morgan fingerprint density at radius 2 is 1.50 bits per heavy atom. The lowest BCUT2D eigenvalue weighted by Gasteiger charge is -2.08. The molecule has 0 N–H and O–H groups in total. The van der Waals surface area contributed by atoms with Crippen LogP contribution in [0, 0.1) is 0 Å². The molecule has 0 spiro atoms. The van der Waals surface area contributed by atoms with Crippen LogP contribution in [-0.2, 0) is 0 Å². The van der Waals surface area contributed by atoms with Gasteiger partial charge in [-0.05, 0) is 24.3 Å². The van der Waals surface area contributed by atoms with Gasteiger partial charge >= 0.3 is 12.5 Å². The van der Waals surface area contributed by atoms with Crippen molar-refractivity contribution in [1.29, 1.82) is 0 Å². The molecule has 2 nitrogen and oxygen atoms in total. The first-order valence-electron chi connectivity index (χ1n) is 4.25. The lowest BCUT2D eigenvalue weighted by atomic mass is 10.3. The van der Waals surface area contributed by atoms with Gasteiger partial charge in [-0.25, -0.2) is 4.99 Å². The second kappa shape index (κ2) is 5.05. The minimum Gasteiger partial charge on any atom is -0.406 e. The third-order valence-corrected chi connectivity index (χ3v) is 1.83. The zero-order valence-electron chi connectivity index (χ0n) is 8.31. The third kappa shape index (κ3) is 4.82. The van der Waals surface area contributed by atoms with Crippen molar-refractivity contribution in [2.75, 3.05) is 0 Å². The molecule has 0 fully saturated rings. The quantitative estimate of drug-likeness (QED) is 0.584. The fraction of sp³-hybridized carbons (Fsp3) is 0.222. The summed E-state index contributed by atoms with van der Waals surface area (Å²) in [7, 11) is 0. The Kier molecular flexibility index (Phi) is 4.10. The highest BCUT2D eigenvalue weighted by molar-refractivity contribution is 6.67. The summed E-state index contributed by atoms with van der Waals surface area (Å²) in [6.07, 6.45) is -9.67. The molecule has 0 atom stereocenters. The Balaban J connectivity index is 2.84.